The Morgan fingerprint density at radius 2 is 2.10 bits per heavy atom. The highest BCUT2D eigenvalue weighted by Crippen LogP contribution is 2.51. The fourth-order valence-electron chi connectivity index (χ4n) is 3.07. The summed E-state index contributed by atoms with van der Waals surface area (Å²) in [6.45, 7) is 6.41. The molecule has 0 radical (unpaired) electrons. The Morgan fingerprint density at radius 3 is 2.60 bits per heavy atom. The van der Waals surface area contributed by atoms with Crippen molar-refractivity contribution in [2.24, 2.45) is 0 Å². The summed E-state index contributed by atoms with van der Waals surface area (Å²) in [7, 11) is 1.47. The molecule has 2 aliphatic rings. The highest BCUT2D eigenvalue weighted by molar-refractivity contribution is 5.87. The lowest BCUT2D eigenvalue weighted by Crippen LogP contribution is -2.62. The maximum absolute atomic E-state index is 12.1. The highest BCUT2D eigenvalue weighted by Gasteiger charge is 2.68. The van der Waals surface area contributed by atoms with E-state index in [0.29, 0.717) is 19.4 Å². The van der Waals surface area contributed by atoms with E-state index in [1.165, 1.54) is 12.7 Å². The standard InChI is InChI=1S/C16H24O4/c1-11(2)6-5-7-12(3)16(18)14(19-4)13(17)8-9-15(16)10-20-15/h6-7,14,18H,5,8-10H2,1-4H3/b12-7+/t14?,15-,16+/m0/s1. The Morgan fingerprint density at radius 1 is 1.45 bits per heavy atom. The second-order valence-electron chi connectivity index (χ2n) is 6.04. The lowest BCUT2D eigenvalue weighted by atomic mass is 9.68. The summed E-state index contributed by atoms with van der Waals surface area (Å²) in [5, 5.41) is 11.2. The maximum Gasteiger partial charge on any atom is 0.165 e. The summed E-state index contributed by atoms with van der Waals surface area (Å²) in [5.41, 5.74) is 0.00790. The van der Waals surface area contributed by atoms with Gasteiger partial charge in [-0.15, -0.1) is 0 Å². The third-order valence-corrected chi connectivity index (χ3v) is 4.42. The first kappa shape index (κ1) is 15.4. The molecule has 0 aromatic carbocycles. The monoisotopic (exact) mass is 280 g/mol. The first-order chi connectivity index (χ1) is 9.37. The van der Waals surface area contributed by atoms with Crippen LogP contribution in [-0.2, 0) is 14.3 Å². The van der Waals surface area contributed by atoms with Crippen LogP contribution in [0, 0.1) is 0 Å². The van der Waals surface area contributed by atoms with Gasteiger partial charge in [0, 0.05) is 13.5 Å². The smallest absolute Gasteiger partial charge is 0.165 e. The van der Waals surface area contributed by atoms with Crippen LogP contribution in [0.2, 0.25) is 0 Å². The summed E-state index contributed by atoms with van der Waals surface area (Å²) in [6, 6.07) is 0. The number of methoxy groups -OCH3 is 1. The molecule has 1 aliphatic carbocycles. The third kappa shape index (κ3) is 2.36. The van der Waals surface area contributed by atoms with Crippen LogP contribution in [-0.4, -0.2) is 41.9 Å². The van der Waals surface area contributed by atoms with Gasteiger partial charge in [0.25, 0.3) is 0 Å². The number of ether oxygens (including phenoxy) is 2. The average molecular weight is 280 g/mol. The minimum atomic E-state index is -1.34. The first-order valence-electron chi connectivity index (χ1n) is 7.10. The van der Waals surface area contributed by atoms with Crippen LogP contribution in [0.1, 0.15) is 40.0 Å². The fourth-order valence-corrected chi connectivity index (χ4v) is 3.07. The Bertz CT molecular complexity index is 455. The first-order valence-corrected chi connectivity index (χ1v) is 7.10. The number of ketones is 1. The molecule has 1 saturated heterocycles. The Labute approximate surface area is 120 Å². The number of epoxide rings is 1. The molecule has 1 heterocycles. The van der Waals surface area contributed by atoms with E-state index in [0.717, 1.165) is 12.0 Å². The number of allylic oxidation sites excluding steroid dienone is 3. The summed E-state index contributed by atoms with van der Waals surface area (Å²) < 4.78 is 10.9. The highest BCUT2D eigenvalue weighted by atomic mass is 16.6. The zero-order chi connectivity index (χ0) is 15.0. The number of rotatable bonds is 4. The molecule has 2 fully saturated rings. The van der Waals surface area contributed by atoms with Crippen LogP contribution in [0.25, 0.3) is 0 Å². The van der Waals surface area contributed by atoms with E-state index in [4.69, 9.17) is 9.47 Å². The number of aliphatic hydroxyl groups is 1. The predicted molar refractivity (Wildman–Crippen MR) is 76.5 cm³/mol. The number of hydrogen-bond acceptors (Lipinski definition) is 4. The molecular weight excluding hydrogens is 256 g/mol. The number of carbonyl (C=O) groups is 1. The van der Waals surface area contributed by atoms with Crippen molar-refractivity contribution >= 4 is 5.78 Å². The van der Waals surface area contributed by atoms with E-state index >= 15 is 0 Å². The molecule has 1 saturated carbocycles. The fraction of sp³-hybridized carbons (Fsp3) is 0.688. The van der Waals surface area contributed by atoms with Crippen LogP contribution in [0.5, 0.6) is 0 Å². The topological polar surface area (TPSA) is 59.1 Å². The Balaban J connectivity index is 2.31. The predicted octanol–water partition coefficient (Wildman–Crippen LogP) is 2.17. The minimum absolute atomic E-state index is 0.0499. The molecule has 0 bridgehead atoms. The van der Waals surface area contributed by atoms with Crippen molar-refractivity contribution in [1.82, 2.24) is 0 Å². The van der Waals surface area contributed by atoms with Crippen molar-refractivity contribution in [1.29, 1.82) is 0 Å². The molecule has 1 N–H and O–H groups in total. The second kappa shape index (κ2) is 5.43. The van der Waals surface area contributed by atoms with Crippen LogP contribution in [0.3, 0.4) is 0 Å². The zero-order valence-corrected chi connectivity index (χ0v) is 12.7. The van der Waals surface area contributed by atoms with Gasteiger partial charge in [-0.1, -0.05) is 17.7 Å². The van der Waals surface area contributed by atoms with Gasteiger partial charge in [-0.2, -0.15) is 0 Å². The number of carbonyl (C=O) groups excluding carboxylic acids is 1. The molecule has 4 heteroatoms. The summed E-state index contributed by atoms with van der Waals surface area (Å²) >= 11 is 0. The summed E-state index contributed by atoms with van der Waals surface area (Å²) in [5.74, 6) is -0.0499. The lowest BCUT2D eigenvalue weighted by Gasteiger charge is -2.43. The lowest BCUT2D eigenvalue weighted by molar-refractivity contribution is -0.163. The van der Waals surface area contributed by atoms with E-state index in [1.807, 2.05) is 26.8 Å². The summed E-state index contributed by atoms with van der Waals surface area (Å²) in [4.78, 5) is 12.1. The third-order valence-electron chi connectivity index (χ3n) is 4.42. The molecule has 0 aromatic rings. The van der Waals surface area contributed by atoms with Gasteiger partial charge in [0.05, 0.1) is 6.61 Å². The van der Waals surface area contributed by atoms with Gasteiger partial charge in [-0.25, -0.2) is 0 Å². The molecule has 2 rings (SSSR count). The molecule has 0 aromatic heterocycles. The van der Waals surface area contributed by atoms with Crippen molar-refractivity contribution < 1.29 is 19.4 Å². The van der Waals surface area contributed by atoms with E-state index < -0.39 is 17.3 Å². The quantitative estimate of drug-likeness (QED) is 0.633. The van der Waals surface area contributed by atoms with E-state index in [2.05, 4.69) is 6.08 Å². The average Bonchev–Trinajstić information content (AvgIpc) is 3.16. The van der Waals surface area contributed by atoms with Gasteiger partial charge in [0.15, 0.2) is 11.9 Å². The van der Waals surface area contributed by atoms with Crippen molar-refractivity contribution in [2.75, 3.05) is 13.7 Å². The Kier molecular flexibility index (Phi) is 4.19. The molecule has 1 spiro atoms. The SMILES string of the molecule is COC1C(=O)CC[C@]2(CO2)[C@@]1(O)/C(C)=C/CC=C(C)C. The van der Waals surface area contributed by atoms with Crippen molar-refractivity contribution in [3.63, 3.8) is 0 Å². The van der Waals surface area contributed by atoms with Gasteiger partial charge in [-0.3, -0.25) is 4.79 Å². The van der Waals surface area contributed by atoms with Crippen LogP contribution in [0.4, 0.5) is 0 Å². The van der Waals surface area contributed by atoms with Gasteiger partial charge in [0.1, 0.15) is 11.2 Å². The second-order valence-corrected chi connectivity index (χ2v) is 6.04. The Hall–Kier alpha value is -0.970. The minimum Gasteiger partial charge on any atom is -0.379 e. The van der Waals surface area contributed by atoms with E-state index in [-0.39, 0.29) is 5.78 Å². The van der Waals surface area contributed by atoms with Gasteiger partial charge in [-0.05, 0) is 39.2 Å². The molecule has 1 aliphatic heterocycles. The van der Waals surface area contributed by atoms with Gasteiger partial charge < -0.3 is 14.6 Å². The molecule has 112 valence electrons. The zero-order valence-electron chi connectivity index (χ0n) is 12.7. The van der Waals surface area contributed by atoms with E-state index in [1.54, 1.807) is 0 Å². The van der Waals surface area contributed by atoms with Crippen LogP contribution in [0.15, 0.2) is 23.3 Å². The molecule has 0 amide bonds. The van der Waals surface area contributed by atoms with Crippen molar-refractivity contribution in [2.45, 2.75) is 57.3 Å². The van der Waals surface area contributed by atoms with Crippen LogP contribution >= 0.6 is 0 Å². The van der Waals surface area contributed by atoms with E-state index in [9.17, 15) is 9.90 Å². The number of Topliss-reactive ketones (excluding diaryl/α,β-unsaturated/α-hetero) is 1. The molecular formula is C16H24O4. The molecule has 3 atom stereocenters. The van der Waals surface area contributed by atoms with Crippen molar-refractivity contribution in [3.8, 4) is 0 Å². The molecule has 20 heavy (non-hydrogen) atoms. The van der Waals surface area contributed by atoms with Crippen molar-refractivity contribution in [3.05, 3.63) is 23.3 Å². The van der Waals surface area contributed by atoms with Crippen LogP contribution < -0.4 is 0 Å². The largest absolute Gasteiger partial charge is 0.379 e. The normalized spacial score (nSPS) is 37.1. The number of hydrogen-bond donors (Lipinski definition) is 1. The molecule has 4 nitrogen and oxygen atoms in total. The molecule has 1 unspecified atom stereocenters. The summed E-state index contributed by atoms with van der Waals surface area (Å²) in [6.07, 6.45) is 4.91. The van der Waals surface area contributed by atoms with Gasteiger partial charge in [0.2, 0.25) is 0 Å². The maximum atomic E-state index is 12.1. The van der Waals surface area contributed by atoms with Gasteiger partial charge >= 0.3 is 0 Å².